The van der Waals surface area contributed by atoms with Crippen LogP contribution in [0.15, 0.2) is 24.3 Å². The fourth-order valence-electron chi connectivity index (χ4n) is 3.74. The van der Waals surface area contributed by atoms with Crippen molar-refractivity contribution in [3.63, 3.8) is 0 Å². The molecule has 1 fully saturated rings. The molecule has 3 aliphatic heterocycles. The maximum absolute atomic E-state index is 12.5. The molecule has 1 aromatic rings. The number of fused-ring (bicyclic) bond motifs is 3. The molecule has 24 heavy (non-hydrogen) atoms. The second-order valence-corrected chi connectivity index (χ2v) is 7.65. The van der Waals surface area contributed by atoms with E-state index >= 15 is 0 Å². The third kappa shape index (κ3) is 2.72. The fraction of sp³-hybridized carbons (Fsp3) is 0.526. The van der Waals surface area contributed by atoms with Crippen LogP contribution >= 0.6 is 0 Å². The van der Waals surface area contributed by atoms with E-state index in [9.17, 15) is 4.79 Å². The molecular formula is C19H23NO4. The van der Waals surface area contributed by atoms with Crippen LogP contribution in [0.1, 0.15) is 45.6 Å². The van der Waals surface area contributed by atoms with Gasteiger partial charge in [0.05, 0.1) is 6.04 Å². The van der Waals surface area contributed by atoms with E-state index < -0.39 is 5.60 Å². The molecule has 0 N–H and O–H groups in total. The second-order valence-electron chi connectivity index (χ2n) is 7.65. The smallest absolute Gasteiger partial charge is 0.411 e. The highest BCUT2D eigenvalue weighted by atomic mass is 16.7. The molecule has 1 saturated heterocycles. The molecule has 2 bridgehead atoms. The van der Waals surface area contributed by atoms with Gasteiger partial charge in [0.1, 0.15) is 5.60 Å². The molecule has 4 rings (SSSR count). The van der Waals surface area contributed by atoms with E-state index in [0.717, 1.165) is 36.3 Å². The molecule has 128 valence electrons. The number of nitrogens with zero attached hydrogens (tertiary/aromatic N) is 1. The van der Waals surface area contributed by atoms with Gasteiger partial charge in [-0.1, -0.05) is 12.1 Å². The van der Waals surface area contributed by atoms with E-state index in [4.69, 9.17) is 14.2 Å². The van der Waals surface area contributed by atoms with Crippen LogP contribution in [0.3, 0.4) is 0 Å². The summed E-state index contributed by atoms with van der Waals surface area (Å²) in [5.74, 6) is 1.60. The van der Waals surface area contributed by atoms with E-state index in [-0.39, 0.29) is 25.0 Å². The van der Waals surface area contributed by atoms with E-state index in [2.05, 4.69) is 12.1 Å². The van der Waals surface area contributed by atoms with E-state index in [1.807, 2.05) is 37.8 Å². The van der Waals surface area contributed by atoms with Crippen molar-refractivity contribution in [2.75, 3.05) is 6.79 Å². The van der Waals surface area contributed by atoms with Gasteiger partial charge in [0.25, 0.3) is 0 Å². The number of rotatable bonds is 1. The summed E-state index contributed by atoms with van der Waals surface area (Å²) in [6.07, 6.45) is 4.89. The molecule has 0 saturated carbocycles. The summed E-state index contributed by atoms with van der Waals surface area (Å²) >= 11 is 0. The Bertz CT molecular complexity index is 704. The summed E-state index contributed by atoms with van der Waals surface area (Å²) in [6.45, 7) is 6.01. The van der Waals surface area contributed by atoms with Crippen LogP contribution in [-0.4, -0.2) is 35.5 Å². The number of hydrogen-bond acceptors (Lipinski definition) is 4. The Morgan fingerprint density at radius 2 is 2.00 bits per heavy atom. The van der Waals surface area contributed by atoms with E-state index in [0.29, 0.717) is 0 Å². The molecule has 2 unspecified atom stereocenters. The zero-order valence-corrected chi connectivity index (χ0v) is 14.4. The molecule has 5 nitrogen and oxygen atoms in total. The lowest BCUT2D eigenvalue weighted by Crippen LogP contribution is -2.45. The van der Waals surface area contributed by atoms with Crippen molar-refractivity contribution >= 4 is 11.7 Å². The van der Waals surface area contributed by atoms with Gasteiger partial charge in [-0.05, 0) is 63.3 Å². The zero-order valence-electron chi connectivity index (χ0n) is 14.4. The van der Waals surface area contributed by atoms with Crippen molar-refractivity contribution in [3.8, 4) is 11.5 Å². The normalized spacial score (nSPS) is 24.8. The van der Waals surface area contributed by atoms with Gasteiger partial charge in [0, 0.05) is 6.04 Å². The lowest BCUT2D eigenvalue weighted by Gasteiger charge is -2.35. The average Bonchev–Trinajstić information content (AvgIpc) is 3.07. The van der Waals surface area contributed by atoms with Crippen molar-refractivity contribution in [3.05, 3.63) is 29.8 Å². The predicted octanol–water partition coefficient (Wildman–Crippen LogP) is 3.97. The van der Waals surface area contributed by atoms with Crippen molar-refractivity contribution in [2.24, 2.45) is 0 Å². The summed E-state index contributed by atoms with van der Waals surface area (Å²) in [6, 6.07) is 6.41. The molecule has 1 aromatic carbocycles. The Balaban J connectivity index is 1.57. The number of amides is 1. The van der Waals surface area contributed by atoms with Crippen molar-refractivity contribution in [2.45, 2.75) is 57.7 Å². The highest BCUT2D eigenvalue weighted by Gasteiger charge is 2.41. The largest absolute Gasteiger partial charge is 0.454 e. The summed E-state index contributed by atoms with van der Waals surface area (Å²) in [7, 11) is 0. The molecular weight excluding hydrogens is 306 g/mol. The quantitative estimate of drug-likeness (QED) is 0.782. The third-order valence-electron chi connectivity index (χ3n) is 4.74. The first-order valence-electron chi connectivity index (χ1n) is 8.53. The number of carbonyl (C=O) groups excluding carboxylic acids is 1. The number of benzene rings is 1. The minimum Gasteiger partial charge on any atom is -0.454 e. The maximum atomic E-state index is 12.5. The molecule has 5 heteroatoms. The van der Waals surface area contributed by atoms with Gasteiger partial charge >= 0.3 is 6.09 Å². The average molecular weight is 329 g/mol. The Hall–Kier alpha value is -2.17. The number of hydrogen-bond donors (Lipinski definition) is 0. The number of ether oxygens (including phenoxy) is 3. The monoisotopic (exact) mass is 329 g/mol. The summed E-state index contributed by atoms with van der Waals surface area (Å²) < 4.78 is 16.4. The standard InChI is InChI=1S/C19H23NO4/c1-19(2,3)24-18(21)20-14-5-6-15(20)9-13(8-14)12-4-7-16-17(10-12)23-11-22-16/h4,7-8,10,14-15H,5-6,9,11H2,1-3H3. The SMILES string of the molecule is CC(C)(C)OC(=O)N1C2C=C(c3ccc4c(c3)OCO4)CC1CC2. The van der Waals surface area contributed by atoms with Gasteiger partial charge in [-0.25, -0.2) is 4.79 Å². The first kappa shape index (κ1) is 15.4. The summed E-state index contributed by atoms with van der Waals surface area (Å²) in [5, 5.41) is 0. The fourth-order valence-corrected chi connectivity index (χ4v) is 3.74. The molecule has 0 aromatic heterocycles. The summed E-state index contributed by atoms with van der Waals surface area (Å²) in [5.41, 5.74) is 1.97. The molecule has 1 amide bonds. The highest BCUT2D eigenvalue weighted by molar-refractivity contribution is 5.76. The van der Waals surface area contributed by atoms with Gasteiger partial charge in [0.15, 0.2) is 11.5 Å². The van der Waals surface area contributed by atoms with E-state index in [1.165, 1.54) is 5.57 Å². The van der Waals surface area contributed by atoms with Crippen LogP contribution in [0.2, 0.25) is 0 Å². The van der Waals surface area contributed by atoms with Crippen LogP contribution in [0.4, 0.5) is 4.79 Å². The topological polar surface area (TPSA) is 48.0 Å². The highest BCUT2D eigenvalue weighted by Crippen LogP contribution is 2.41. The minimum absolute atomic E-state index is 0.124. The van der Waals surface area contributed by atoms with Gasteiger partial charge in [-0.15, -0.1) is 0 Å². The molecule has 0 spiro atoms. The van der Waals surface area contributed by atoms with Gasteiger partial charge < -0.3 is 14.2 Å². The zero-order chi connectivity index (χ0) is 16.9. The Morgan fingerprint density at radius 3 is 2.75 bits per heavy atom. The van der Waals surface area contributed by atoms with Crippen LogP contribution in [0.5, 0.6) is 11.5 Å². The predicted molar refractivity (Wildman–Crippen MR) is 90.0 cm³/mol. The van der Waals surface area contributed by atoms with Gasteiger partial charge in [0.2, 0.25) is 6.79 Å². The summed E-state index contributed by atoms with van der Waals surface area (Å²) in [4.78, 5) is 14.4. The van der Waals surface area contributed by atoms with Crippen molar-refractivity contribution < 1.29 is 19.0 Å². The Morgan fingerprint density at radius 1 is 1.21 bits per heavy atom. The molecule has 3 aliphatic rings. The van der Waals surface area contributed by atoms with Crippen LogP contribution < -0.4 is 9.47 Å². The van der Waals surface area contributed by atoms with Crippen LogP contribution in [0, 0.1) is 0 Å². The molecule has 0 aliphatic carbocycles. The van der Waals surface area contributed by atoms with Crippen LogP contribution in [0.25, 0.3) is 5.57 Å². The van der Waals surface area contributed by atoms with E-state index in [1.54, 1.807) is 0 Å². The first-order valence-corrected chi connectivity index (χ1v) is 8.53. The maximum Gasteiger partial charge on any atom is 0.411 e. The van der Waals surface area contributed by atoms with Gasteiger partial charge in [-0.3, -0.25) is 4.90 Å². The lowest BCUT2D eigenvalue weighted by molar-refractivity contribution is 0.0175. The minimum atomic E-state index is -0.460. The van der Waals surface area contributed by atoms with Crippen molar-refractivity contribution in [1.82, 2.24) is 4.90 Å². The third-order valence-corrected chi connectivity index (χ3v) is 4.74. The van der Waals surface area contributed by atoms with Crippen molar-refractivity contribution in [1.29, 1.82) is 0 Å². The first-order chi connectivity index (χ1) is 11.4. The lowest BCUT2D eigenvalue weighted by atomic mass is 9.94. The molecule has 0 radical (unpaired) electrons. The molecule has 3 heterocycles. The van der Waals surface area contributed by atoms with Crippen LogP contribution in [-0.2, 0) is 4.74 Å². The number of carbonyl (C=O) groups is 1. The molecule has 2 atom stereocenters. The van der Waals surface area contributed by atoms with Gasteiger partial charge in [-0.2, -0.15) is 0 Å². The second kappa shape index (κ2) is 5.43. The Labute approximate surface area is 142 Å². The Kier molecular flexibility index (Phi) is 3.48.